The van der Waals surface area contributed by atoms with E-state index in [1.165, 1.54) is 0 Å². The lowest BCUT2D eigenvalue weighted by molar-refractivity contribution is 0.0903. The highest BCUT2D eigenvalue weighted by molar-refractivity contribution is 7.59. The van der Waals surface area contributed by atoms with Gasteiger partial charge in [0.2, 0.25) is 5.95 Å². The van der Waals surface area contributed by atoms with Gasteiger partial charge in [0, 0.05) is 31.0 Å². The average molecular weight is 430 g/mol. The number of aromatic nitrogens is 2. The lowest BCUT2D eigenvalue weighted by Gasteiger charge is -2.33. The van der Waals surface area contributed by atoms with Crippen LogP contribution in [0, 0.1) is 0 Å². The van der Waals surface area contributed by atoms with Gasteiger partial charge in [0.15, 0.2) is 0 Å². The Kier molecular flexibility index (Phi) is 6.88. The largest absolute Gasteiger partial charge is 0.381 e. The molecule has 0 saturated carbocycles. The predicted octanol–water partition coefficient (Wildman–Crippen LogP) is 3.70. The van der Waals surface area contributed by atoms with E-state index in [1.54, 1.807) is 0 Å². The Balaban J connectivity index is 0.00000256. The van der Waals surface area contributed by atoms with Crippen LogP contribution < -0.4 is 10.6 Å². The van der Waals surface area contributed by atoms with E-state index >= 15 is 0 Å². The van der Waals surface area contributed by atoms with Crippen LogP contribution in [0.25, 0.3) is 0 Å². The molecule has 0 bridgehead atoms. The van der Waals surface area contributed by atoms with Crippen molar-refractivity contribution in [3.8, 4) is 0 Å². The average Bonchev–Trinajstić information content (AvgIpc) is 2.99. The molecule has 1 aromatic carbocycles. The van der Waals surface area contributed by atoms with Gasteiger partial charge in [-0.05, 0) is 39.2 Å². The molecule has 8 heteroatoms. The number of nitrogens with one attached hydrogen (secondary N) is 2. The number of hydrogen-bond acceptors (Lipinski definition) is 5. The second kappa shape index (κ2) is 9.22. The van der Waals surface area contributed by atoms with Gasteiger partial charge in [-0.25, -0.2) is 14.8 Å². The van der Waals surface area contributed by atoms with Gasteiger partial charge in [-0.15, -0.1) is 0 Å². The van der Waals surface area contributed by atoms with Gasteiger partial charge in [0.1, 0.15) is 0 Å². The molecular formula is C22H31N5O2S. The monoisotopic (exact) mass is 429 g/mol. The zero-order valence-electron chi connectivity index (χ0n) is 17.8. The molecule has 3 heterocycles. The summed E-state index contributed by atoms with van der Waals surface area (Å²) in [4.78, 5) is 24.1. The Labute approximate surface area is 185 Å². The Morgan fingerprint density at radius 3 is 2.63 bits per heavy atom. The predicted molar refractivity (Wildman–Crippen MR) is 122 cm³/mol. The molecule has 0 spiro atoms. The van der Waals surface area contributed by atoms with Gasteiger partial charge in [-0.2, -0.15) is 13.5 Å². The van der Waals surface area contributed by atoms with Crippen LogP contribution in [0.2, 0.25) is 0 Å². The van der Waals surface area contributed by atoms with E-state index in [0.29, 0.717) is 18.5 Å². The number of benzene rings is 1. The summed E-state index contributed by atoms with van der Waals surface area (Å²) in [6, 6.07) is 10.2. The Hall–Kier alpha value is -2.32. The third kappa shape index (κ3) is 4.54. The number of carbonyl (C=O) groups excluding carboxylic acids is 1. The van der Waals surface area contributed by atoms with Gasteiger partial charge < -0.3 is 20.3 Å². The maximum absolute atomic E-state index is 13.1. The summed E-state index contributed by atoms with van der Waals surface area (Å²) < 4.78 is 5.41. The van der Waals surface area contributed by atoms with Crippen molar-refractivity contribution in [2.75, 3.05) is 18.5 Å². The van der Waals surface area contributed by atoms with E-state index in [2.05, 4.69) is 15.6 Å². The highest BCUT2D eigenvalue weighted by Crippen LogP contribution is 2.38. The number of nitrogens with zero attached hydrogens (tertiary/aromatic N) is 3. The van der Waals surface area contributed by atoms with Gasteiger partial charge in [0.05, 0.1) is 23.8 Å². The van der Waals surface area contributed by atoms with Crippen LogP contribution >= 0.6 is 13.5 Å². The van der Waals surface area contributed by atoms with E-state index in [9.17, 15) is 4.79 Å². The van der Waals surface area contributed by atoms with E-state index in [4.69, 9.17) is 9.72 Å². The van der Waals surface area contributed by atoms with E-state index < -0.39 is 5.54 Å². The number of anilines is 1. The number of amides is 2. The molecule has 30 heavy (non-hydrogen) atoms. The number of hydrogen-bond donors (Lipinski definition) is 2. The fraction of sp³-hybridized carbons (Fsp3) is 0.500. The molecule has 7 nitrogen and oxygen atoms in total. The molecule has 0 unspecified atom stereocenters. The molecule has 162 valence electrons. The Morgan fingerprint density at radius 2 is 1.93 bits per heavy atom. The molecule has 2 amide bonds. The van der Waals surface area contributed by atoms with Crippen LogP contribution in [-0.4, -0.2) is 40.2 Å². The Morgan fingerprint density at radius 1 is 1.23 bits per heavy atom. The van der Waals surface area contributed by atoms with Crippen molar-refractivity contribution in [3.63, 3.8) is 0 Å². The van der Waals surface area contributed by atoms with Crippen LogP contribution in [0.15, 0.2) is 36.5 Å². The first-order valence-corrected chi connectivity index (χ1v) is 10.3. The van der Waals surface area contributed by atoms with E-state index in [1.807, 2.05) is 62.2 Å². The molecule has 2 aliphatic rings. The minimum atomic E-state index is -0.465. The zero-order chi connectivity index (χ0) is 20.4. The van der Waals surface area contributed by atoms with Crippen LogP contribution in [0.4, 0.5) is 10.7 Å². The molecule has 4 rings (SSSR count). The summed E-state index contributed by atoms with van der Waals surface area (Å²) in [5, 5.41) is 6.53. The number of urea groups is 1. The summed E-state index contributed by atoms with van der Waals surface area (Å²) in [5.74, 6) is 0.631. The first-order valence-electron chi connectivity index (χ1n) is 10.3. The minimum absolute atomic E-state index is 0. The quantitative estimate of drug-likeness (QED) is 0.775. The molecular weight excluding hydrogens is 398 g/mol. The van der Waals surface area contributed by atoms with Gasteiger partial charge in [-0.1, -0.05) is 30.3 Å². The maximum atomic E-state index is 13.1. The smallest absolute Gasteiger partial charge is 0.318 e. The van der Waals surface area contributed by atoms with Crippen molar-refractivity contribution >= 4 is 25.5 Å². The standard InChI is InChI=1S/C22H29N5O2.H2S/c1-15(16-7-5-4-6-8-16)24-21(28)27-14-19-18(22(27,2)3)13-23-20(26-19)25-17-9-11-29-12-10-17;/h4-8,13,15,17H,9-12,14H2,1-3H3,(H,24,28)(H,23,25,26);1H2/t15-;/m0./s1. The van der Waals surface area contributed by atoms with E-state index in [-0.39, 0.29) is 25.6 Å². The normalized spacial score (nSPS) is 18.8. The van der Waals surface area contributed by atoms with Gasteiger partial charge in [-0.3, -0.25) is 0 Å². The summed E-state index contributed by atoms with van der Waals surface area (Å²) in [7, 11) is 0. The summed E-state index contributed by atoms with van der Waals surface area (Å²) >= 11 is 0. The van der Waals surface area contributed by atoms with Crippen LogP contribution in [0.1, 0.15) is 56.5 Å². The van der Waals surface area contributed by atoms with Gasteiger partial charge >= 0.3 is 6.03 Å². The summed E-state index contributed by atoms with van der Waals surface area (Å²) in [5.41, 5.74) is 2.52. The number of ether oxygens (including phenoxy) is 1. The van der Waals surface area contributed by atoms with Crippen LogP contribution in [0.5, 0.6) is 0 Å². The highest BCUT2D eigenvalue weighted by Gasteiger charge is 2.42. The van der Waals surface area contributed by atoms with Crippen molar-refractivity contribution in [2.24, 2.45) is 0 Å². The molecule has 0 radical (unpaired) electrons. The molecule has 1 saturated heterocycles. The third-order valence-electron chi connectivity index (χ3n) is 5.95. The van der Waals surface area contributed by atoms with Crippen LogP contribution in [-0.2, 0) is 16.8 Å². The third-order valence-corrected chi connectivity index (χ3v) is 5.95. The molecule has 2 N–H and O–H groups in total. The number of fused-ring (bicyclic) bond motifs is 1. The first-order chi connectivity index (χ1) is 13.9. The Bertz CT molecular complexity index is 871. The topological polar surface area (TPSA) is 79.4 Å². The maximum Gasteiger partial charge on any atom is 0.318 e. The lowest BCUT2D eigenvalue weighted by Crippen LogP contribution is -2.46. The molecule has 2 aromatic rings. The molecule has 2 aliphatic heterocycles. The zero-order valence-corrected chi connectivity index (χ0v) is 18.8. The summed E-state index contributed by atoms with van der Waals surface area (Å²) in [6.07, 6.45) is 3.77. The molecule has 1 aromatic heterocycles. The van der Waals surface area contributed by atoms with Crippen molar-refractivity contribution in [1.29, 1.82) is 0 Å². The van der Waals surface area contributed by atoms with Crippen molar-refractivity contribution < 1.29 is 9.53 Å². The lowest BCUT2D eigenvalue weighted by atomic mass is 9.97. The van der Waals surface area contributed by atoms with Crippen molar-refractivity contribution in [1.82, 2.24) is 20.2 Å². The number of rotatable bonds is 4. The van der Waals surface area contributed by atoms with Crippen LogP contribution in [0.3, 0.4) is 0 Å². The second-order valence-electron chi connectivity index (χ2n) is 8.31. The minimum Gasteiger partial charge on any atom is -0.381 e. The SMILES string of the molecule is C[C@H](NC(=O)N1Cc2nc(NC3CCOCC3)ncc2C1(C)C)c1ccccc1.S. The van der Waals surface area contributed by atoms with E-state index in [0.717, 1.165) is 42.9 Å². The summed E-state index contributed by atoms with van der Waals surface area (Å²) in [6.45, 7) is 8.09. The van der Waals surface area contributed by atoms with Crippen molar-refractivity contribution in [3.05, 3.63) is 53.3 Å². The van der Waals surface area contributed by atoms with Crippen molar-refractivity contribution in [2.45, 2.75) is 57.8 Å². The van der Waals surface area contributed by atoms with Gasteiger partial charge in [0.25, 0.3) is 0 Å². The number of carbonyl (C=O) groups is 1. The first kappa shape index (κ1) is 22.4. The molecule has 1 fully saturated rings. The molecule has 1 atom stereocenters. The fourth-order valence-corrected chi connectivity index (χ4v) is 4.05. The fourth-order valence-electron chi connectivity index (χ4n) is 4.05. The molecule has 0 aliphatic carbocycles. The second-order valence-corrected chi connectivity index (χ2v) is 8.31. The highest BCUT2D eigenvalue weighted by atomic mass is 32.1.